The van der Waals surface area contributed by atoms with Crippen LogP contribution in [0.25, 0.3) is 0 Å². The van der Waals surface area contributed by atoms with E-state index in [1.54, 1.807) is 5.57 Å². The fraction of sp³-hybridized carbons (Fsp3) is 0.636. The van der Waals surface area contributed by atoms with Gasteiger partial charge in [-0.2, -0.15) is 0 Å². The summed E-state index contributed by atoms with van der Waals surface area (Å²) in [4.78, 5) is 0. The SMILES string of the molecule is C=CCCC1CC2=CCC1C2. The number of hydrogen-bond donors (Lipinski definition) is 0. The molecule has 0 aromatic carbocycles. The van der Waals surface area contributed by atoms with Crippen molar-refractivity contribution in [1.29, 1.82) is 0 Å². The van der Waals surface area contributed by atoms with Gasteiger partial charge < -0.3 is 0 Å². The highest BCUT2D eigenvalue weighted by Crippen LogP contribution is 2.45. The van der Waals surface area contributed by atoms with Crippen LogP contribution in [-0.2, 0) is 0 Å². The van der Waals surface area contributed by atoms with Gasteiger partial charge in [0.05, 0.1) is 0 Å². The van der Waals surface area contributed by atoms with Crippen LogP contribution in [0.1, 0.15) is 32.1 Å². The Morgan fingerprint density at radius 3 is 3.00 bits per heavy atom. The van der Waals surface area contributed by atoms with Crippen molar-refractivity contribution in [2.24, 2.45) is 11.8 Å². The molecule has 0 spiro atoms. The maximum atomic E-state index is 3.77. The van der Waals surface area contributed by atoms with E-state index in [1.807, 2.05) is 0 Å². The first kappa shape index (κ1) is 7.15. The highest BCUT2D eigenvalue weighted by atomic mass is 14.4. The molecule has 1 saturated carbocycles. The van der Waals surface area contributed by atoms with Gasteiger partial charge in [-0.15, -0.1) is 6.58 Å². The predicted octanol–water partition coefficient (Wildman–Crippen LogP) is 3.31. The normalized spacial score (nSPS) is 34.0. The average Bonchev–Trinajstić information content (AvgIpc) is 2.60. The van der Waals surface area contributed by atoms with Crippen molar-refractivity contribution in [2.75, 3.05) is 0 Å². The topological polar surface area (TPSA) is 0 Å². The fourth-order valence-electron chi connectivity index (χ4n) is 2.52. The molecule has 2 unspecified atom stereocenters. The van der Waals surface area contributed by atoms with Crippen LogP contribution in [-0.4, -0.2) is 0 Å². The van der Waals surface area contributed by atoms with E-state index < -0.39 is 0 Å². The first-order valence-electron chi connectivity index (χ1n) is 4.69. The van der Waals surface area contributed by atoms with Crippen LogP contribution in [0, 0.1) is 11.8 Å². The van der Waals surface area contributed by atoms with Crippen molar-refractivity contribution in [3.05, 3.63) is 24.3 Å². The molecule has 60 valence electrons. The monoisotopic (exact) mass is 148 g/mol. The summed E-state index contributed by atoms with van der Waals surface area (Å²) >= 11 is 0. The Morgan fingerprint density at radius 1 is 1.55 bits per heavy atom. The Balaban J connectivity index is 1.88. The first-order valence-corrected chi connectivity index (χ1v) is 4.69. The molecule has 0 heterocycles. The Hall–Kier alpha value is -0.520. The highest BCUT2D eigenvalue weighted by Gasteiger charge is 2.32. The maximum Gasteiger partial charge on any atom is -0.0286 e. The fourth-order valence-corrected chi connectivity index (χ4v) is 2.52. The van der Waals surface area contributed by atoms with E-state index in [0.29, 0.717) is 0 Å². The molecule has 2 atom stereocenters. The second kappa shape index (κ2) is 2.84. The Bertz CT molecular complexity index is 188. The van der Waals surface area contributed by atoms with Gasteiger partial charge in [0.1, 0.15) is 0 Å². The minimum Gasteiger partial charge on any atom is -0.103 e. The molecule has 0 amide bonds. The zero-order valence-electron chi connectivity index (χ0n) is 7.05. The van der Waals surface area contributed by atoms with Crippen molar-refractivity contribution < 1.29 is 0 Å². The summed E-state index contributed by atoms with van der Waals surface area (Å²) in [7, 11) is 0. The second-order valence-corrected chi connectivity index (χ2v) is 3.89. The zero-order chi connectivity index (χ0) is 7.68. The quantitative estimate of drug-likeness (QED) is 0.539. The average molecular weight is 148 g/mol. The molecule has 0 aromatic heterocycles. The molecular formula is C11H16. The van der Waals surface area contributed by atoms with Gasteiger partial charge in [0.2, 0.25) is 0 Å². The van der Waals surface area contributed by atoms with Gasteiger partial charge in [0, 0.05) is 0 Å². The van der Waals surface area contributed by atoms with E-state index in [4.69, 9.17) is 0 Å². The molecule has 0 nitrogen and oxygen atoms in total. The van der Waals surface area contributed by atoms with Crippen LogP contribution >= 0.6 is 0 Å². The molecule has 0 aromatic rings. The summed E-state index contributed by atoms with van der Waals surface area (Å²) in [6, 6.07) is 0. The molecule has 0 radical (unpaired) electrons. The lowest BCUT2D eigenvalue weighted by molar-refractivity contribution is 0.368. The lowest BCUT2D eigenvalue weighted by Crippen LogP contribution is -2.06. The molecular weight excluding hydrogens is 132 g/mol. The molecule has 0 heteroatoms. The molecule has 2 rings (SSSR count). The summed E-state index contributed by atoms with van der Waals surface area (Å²) in [6.07, 6.45) is 11.3. The van der Waals surface area contributed by atoms with Gasteiger partial charge in [-0.1, -0.05) is 17.7 Å². The second-order valence-electron chi connectivity index (χ2n) is 3.89. The van der Waals surface area contributed by atoms with Crippen LogP contribution in [0.15, 0.2) is 24.3 Å². The zero-order valence-corrected chi connectivity index (χ0v) is 7.05. The molecule has 0 saturated heterocycles. The third-order valence-electron chi connectivity index (χ3n) is 3.17. The van der Waals surface area contributed by atoms with Crippen LogP contribution in [0.2, 0.25) is 0 Å². The standard InChI is InChI=1S/C11H16/c1-2-3-4-10-7-9-5-6-11(10)8-9/h2,5,10-11H,1,3-4,6-8H2. The lowest BCUT2D eigenvalue weighted by atomic mass is 9.88. The molecule has 2 aliphatic carbocycles. The number of allylic oxidation sites excluding steroid dienone is 3. The van der Waals surface area contributed by atoms with Crippen LogP contribution < -0.4 is 0 Å². The van der Waals surface area contributed by atoms with Crippen molar-refractivity contribution >= 4 is 0 Å². The number of rotatable bonds is 3. The van der Waals surface area contributed by atoms with Gasteiger partial charge in [0.25, 0.3) is 0 Å². The minimum absolute atomic E-state index is 1.01. The minimum atomic E-state index is 1.01. The summed E-state index contributed by atoms with van der Waals surface area (Å²) < 4.78 is 0. The van der Waals surface area contributed by atoms with E-state index in [9.17, 15) is 0 Å². The Kier molecular flexibility index (Phi) is 1.85. The van der Waals surface area contributed by atoms with E-state index >= 15 is 0 Å². The molecule has 0 N–H and O–H groups in total. The van der Waals surface area contributed by atoms with Crippen molar-refractivity contribution in [3.63, 3.8) is 0 Å². The summed E-state index contributed by atoms with van der Waals surface area (Å²) in [6.45, 7) is 3.77. The summed E-state index contributed by atoms with van der Waals surface area (Å²) in [5, 5.41) is 0. The predicted molar refractivity (Wildman–Crippen MR) is 48.3 cm³/mol. The summed E-state index contributed by atoms with van der Waals surface area (Å²) in [5.74, 6) is 2.03. The lowest BCUT2D eigenvalue weighted by Gasteiger charge is -2.17. The van der Waals surface area contributed by atoms with Crippen molar-refractivity contribution in [3.8, 4) is 0 Å². The molecule has 11 heavy (non-hydrogen) atoms. The summed E-state index contributed by atoms with van der Waals surface area (Å²) in [5.41, 5.74) is 1.74. The maximum absolute atomic E-state index is 3.77. The molecule has 0 aliphatic heterocycles. The van der Waals surface area contributed by atoms with Gasteiger partial charge in [-0.3, -0.25) is 0 Å². The Morgan fingerprint density at radius 2 is 2.45 bits per heavy atom. The van der Waals surface area contributed by atoms with E-state index in [1.165, 1.54) is 32.1 Å². The van der Waals surface area contributed by atoms with Crippen LogP contribution in [0.5, 0.6) is 0 Å². The Labute approximate surface area is 69.0 Å². The van der Waals surface area contributed by atoms with Crippen LogP contribution in [0.4, 0.5) is 0 Å². The van der Waals surface area contributed by atoms with E-state index in [-0.39, 0.29) is 0 Å². The highest BCUT2D eigenvalue weighted by molar-refractivity contribution is 5.18. The van der Waals surface area contributed by atoms with Crippen molar-refractivity contribution in [2.45, 2.75) is 32.1 Å². The van der Waals surface area contributed by atoms with Crippen molar-refractivity contribution in [1.82, 2.24) is 0 Å². The van der Waals surface area contributed by atoms with E-state index in [0.717, 1.165) is 11.8 Å². The number of fused-ring (bicyclic) bond motifs is 2. The number of hydrogen-bond acceptors (Lipinski definition) is 0. The van der Waals surface area contributed by atoms with E-state index in [2.05, 4.69) is 18.7 Å². The van der Waals surface area contributed by atoms with Gasteiger partial charge in [-0.05, 0) is 43.9 Å². The largest absolute Gasteiger partial charge is 0.103 e. The van der Waals surface area contributed by atoms with Gasteiger partial charge in [0.15, 0.2) is 0 Å². The molecule has 1 fully saturated rings. The third-order valence-corrected chi connectivity index (χ3v) is 3.17. The smallest absolute Gasteiger partial charge is 0.0286 e. The van der Waals surface area contributed by atoms with Gasteiger partial charge in [-0.25, -0.2) is 0 Å². The van der Waals surface area contributed by atoms with Gasteiger partial charge >= 0.3 is 0 Å². The molecule has 2 aliphatic rings. The first-order chi connectivity index (χ1) is 5.40. The van der Waals surface area contributed by atoms with Crippen LogP contribution in [0.3, 0.4) is 0 Å². The third kappa shape index (κ3) is 1.26. The molecule has 2 bridgehead atoms.